The highest BCUT2D eigenvalue weighted by Crippen LogP contribution is 2.63. The molecule has 1 atom stereocenters. The van der Waals surface area contributed by atoms with E-state index in [-0.39, 0.29) is 5.56 Å². The summed E-state index contributed by atoms with van der Waals surface area (Å²) in [5.41, 5.74) is -1.47. The van der Waals surface area contributed by atoms with Crippen LogP contribution in [0.15, 0.2) is 30.3 Å². The van der Waals surface area contributed by atoms with E-state index >= 15 is 0 Å². The van der Waals surface area contributed by atoms with Crippen LogP contribution in [-0.4, -0.2) is 11.8 Å². The molecular weight excluding hydrogens is 208 g/mol. The van der Waals surface area contributed by atoms with Crippen molar-refractivity contribution in [2.24, 2.45) is 0 Å². The van der Waals surface area contributed by atoms with Gasteiger partial charge in [0.05, 0.1) is 5.41 Å². The first-order valence-corrected chi connectivity index (χ1v) is 4.62. The molecule has 0 spiro atoms. The fourth-order valence-corrected chi connectivity index (χ4v) is 2.05. The van der Waals surface area contributed by atoms with Gasteiger partial charge in [-0.25, -0.2) is 0 Å². The summed E-state index contributed by atoms with van der Waals surface area (Å²) in [6.07, 6.45) is -0.795. The second kappa shape index (κ2) is 2.74. The molecule has 2 rings (SSSR count). The van der Waals surface area contributed by atoms with Crippen LogP contribution >= 0.6 is 0 Å². The standard InChI is InChI=1S/C11H10F4/c1-9(8-5-3-2-4-6-8)7-10(12,13)11(9,14)15/h2-6H,7H2,1H3/t9-/m0/s1. The summed E-state index contributed by atoms with van der Waals surface area (Å²) in [6.45, 7) is 1.18. The number of halogens is 4. The van der Waals surface area contributed by atoms with Gasteiger partial charge in [-0.3, -0.25) is 0 Å². The van der Waals surface area contributed by atoms with E-state index in [9.17, 15) is 17.6 Å². The molecule has 0 nitrogen and oxygen atoms in total. The fraction of sp³-hybridized carbons (Fsp3) is 0.455. The molecule has 15 heavy (non-hydrogen) atoms. The van der Waals surface area contributed by atoms with Crippen molar-refractivity contribution in [3.63, 3.8) is 0 Å². The van der Waals surface area contributed by atoms with Gasteiger partial charge in [-0.05, 0) is 12.5 Å². The lowest BCUT2D eigenvalue weighted by Gasteiger charge is -2.52. The predicted molar refractivity (Wildman–Crippen MR) is 48.3 cm³/mol. The molecule has 0 aromatic heterocycles. The van der Waals surface area contributed by atoms with Gasteiger partial charge in [-0.1, -0.05) is 30.3 Å². The molecule has 0 amide bonds. The van der Waals surface area contributed by atoms with Gasteiger partial charge in [0.25, 0.3) is 0 Å². The van der Waals surface area contributed by atoms with Gasteiger partial charge in [0.1, 0.15) is 0 Å². The number of benzene rings is 1. The van der Waals surface area contributed by atoms with Gasteiger partial charge in [-0.15, -0.1) is 0 Å². The Balaban J connectivity index is 2.40. The lowest BCUT2D eigenvalue weighted by atomic mass is 9.60. The average molecular weight is 218 g/mol. The first-order chi connectivity index (χ1) is 6.81. The SMILES string of the molecule is C[C@@]1(c2ccccc2)CC(F)(F)C1(F)F. The van der Waals surface area contributed by atoms with Crippen molar-refractivity contribution in [3.8, 4) is 0 Å². The molecule has 1 aliphatic carbocycles. The van der Waals surface area contributed by atoms with E-state index in [1.54, 1.807) is 18.2 Å². The Hall–Kier alpha value is -1.06. The van der Waals surface area contributed by atoms with Crippen molar-refractivity contribution in [1.29, 1.82) is 0 Å². The third-order valence-corrected chi connectivity index (χ3v) is 3.14. The maximum absolute atomic E-state index is 13.3. The zero-order chi connectivity index (χ0) is 11.3. The van der Waals surface area contributed by atoms with Gasteiger partial charge in [0, 0.05) is 6.42 Å². The third kappa shape index (κ3) is 1.13. The van der Waals surface area contributed by atoms with Crippen molar-refractivity contribution in [2.45, 2.75) is 30.6 Å². The quantitative estimate of drug-likeness (QED) is 0.631. The van der Waals surface area contributed by atoms with Crippen LogP contribution in [0.5, 0.6) is 0 Å². The summed E-state index contributed by atoms with van der Waals surface area (Å²) in [5, 5.41) is 0. The van der Waals surface area contributed by atoms with Crippen LogP contribution in [0.25, 0.3) is 0 Å². The van der Waals surface area contributed by atoms with Crippen molar-refractivity contribution in [3.05, 3.63) is 35.9 Å². The van der Waals surface area contributed by atoms with E-state index in [1.807, 2.05) is 0 Å². The van der Waals surface area contributed by atoms with E-state index in [1.165, 1.54) is 19.1 Å². The molecule has 4 heteroatoms. The molecule has 1 aliphatic rings. The highest BCUT2D eigenvalue weighted by Gasteiger charge is 2.78. The largest absolute Gasteiger partial charge is 0.319 e. The van der Waals surface area contributed by atoms with E-state index in [0.717, 1.165) is 0 Å². The highest BCUT2D eigenvalue weighted by atomic mass is 19.3. The van der Waals surface area contributed by atoms with Crippen molar-refractivity contribution < 1.29 is 17.6 Å². The topological polar surface area (TPSA) is 0 Å². The smallest absolute Gasteiger partial charge is 0.200 e. The van der Waals surface area contributed by atoms with Gasteiger partial charge < -0.3 is 0 Å². The third-order valence-electron chi connectivity index (χ3n) is 3.14. The van der Waals surface area contributed by atoms with E-state index in [2.05, 4.69) is 0 Å². The molecule has 0 saturated heterocycles. The Morgan fingerprint density at radius 2 is 1.53 bits per heavy atom. The second-order valence-electron chi connectivity index (χ2n) is 4.15. The van der Waals surface area contributed by atoms with Crippen molar-refractivity contribution >= 4 is 0 Å². The van der Waals surface area contributed by atoms with Gasteiger partial charge >= 0.3 is 11.8 Å². The summed E-state index contributed by atoms with van der Waals surface area (Å²) >= 11 is 0. The van der Waals surface area contributed by atoms with Crippen molar-refractivity contribution in [1.82, 2.24) is 0 Å². The van der Waals surface area contributed by atoms with Crippen LogP contribution in [0.4, 0.5) is 17.6 Å². The predicted octanol–water partition coefficient (Wildman–Crippen LogP) is 3.62. The molecular formula is C11H10F4. The molecule has 1 fully saturated rings. The van der Waals surface area contributed by atoms with E-state index < -0.39 is 23.7 Å². The summed E-state index contributed by atoms with van der Waals surface area (Å²) in [5.74, 6) is -7.83. The van der Waals surface area contributed by atoms with Gasteiger partial charge in [0.15, 0.2) is 0 Å². The Kier molecular flexibility index (Phi) is 1.91. The summed E-state index contributed by atoms with van der Waals surface area (Å²) in [4.78, 5) is 0. The summed E-state index contributed by atoms with van der Waals surface area (Å²) in [7, 11) is 0. The minimum atomic E-state index is -3.96. The minimum absolute atomic E-state index is 0.265. The lowest BCUT2D eigenvalue weighted by molar-refractivity contribution is -0.323. The van der Waals surface area contributed by atoms with Gasteiger partial charge in [0.2, 0.25) is 0 Å². The first kappa shape index (κ1) is 10.5. The number of hydrogen-bond acceptors (Lipinski definition) is 0. The summed E-state index contributed by atoms with van der Waals surface area (Å²) in [6, 6.07) is 7.74. The normalized spacial score (nSPS) is 32.1. The van der Waals surface area contributed by atoms with E-state index in [4.69, 9.17) is 0 Å². The maximum atomic E-state index is 13.3. The molecule has 1 saturated carbocycles. The van der Waals surface area contributed by atoms with Crippen LogP contribution in [-0.2, 0) is 5.41 Å². The molecule has 0 N–H and O–H groups in total. The van der Waals surface area contributed by atoms with Crippen molar-refractivity contribution in [2.75, 3.05) is 0 Å². The van der Waals surface area contributed by atoms with Crippen LogP contribution in [0.3, 0.4) is 0 Å². The van der Waals surface area contributed by atoms with Gasteiger partial charge in [-0.2, -0.15) is 17.6 Å². The first-order valence-electron chi connectivity index (χ1n) is 4.62. The average Bonchev–Trinajstić information content (AvgIpc) is 2.18. The number of hydrogen-bond donors (Lipinski definition) is 0. The molecule has 0 bridgehead atoms. The van der Waals surface area contributed by atoms with Crippen LogP contribution in [0.1, 0.15) is 18.9 Å². The number of rotatable bonds is 1. The Bertz CT molecular complexity index is 371. The highest BCUT2D eigenvalue weighted by molar-refractivity contribution is 5.35. The van der Waals surface area contributed by atoms with Crippen LogP contribution in [0, 0.1) is 0 Å². The molecule has 0 unspecified atom stereocenters. The molecule has 0 heterocycles. The Morgan fingerprint density at radius 3 is 1.93 bits per heavy atom. The zero-order valence-electron chi connectivity index (χ0n) is 8.11. The van der Waals surface area contributed by atoms with Crippen LogP contribution < -0.4 is 0 Å². The zero-order valence-corrected chi connectivity index (χ0v) is 8.11. The molecule has 0 radical (unpaired) electrons. The number of alkyl halides is 4. The molecule has 82 valence electrons. The minimum Gasteiger partial charge on any atom is -0.200 e. The fourth-order valence-electron chi connectivity index (χ4n) is 2.05. The Morgan fingerprint density at radius 1 is 1.00 bits per heavy atom. The lowest BCUT2D eigenvalue weighted by Crippen LogP contribution is -2.67. The van der Waals surface area contributed by atoms with E-state index in [0.29, 0.717) is 0 Å². The van der Waals surface area contributed by atoms with Crippen LogP contribution in [0.2, 0.25) is 0 Å². The maximum Gasteiger partial charge on any atom is 0.319 e. The Labute approximate surface area is 84.9 Å². The summed E-state index contributed by atoms with van der Waals surface area (Å²) < 4.78 is 52.1. The molecule has 0 aliphatic heterocycles. The molecule has 1 aromatic carbocycles. The second-order valence-corrected chi connectivity index (χ2v) is 4.15. The monoisotopic (exact) mass is 218 g/mol. The molecule has 1 aromatic rings.